The molecule has 30 heavy (non-hydrogen) atoms. The first-order valence-corrected chi connectivity index (χ1v) is 10.5. The summed E-state index contributed by atoms with van der Waals surface area (Å²) in [5.41, 5.74) is 0.751. The van der Waals surface area contributed by atoms with Gasteiger partial charge in [0.15, 0.2) is 11.5 Å². The molecule has 0 spiro atoms. The number of benzene rings is 1. The molecule has 1 saturated heterocycles. The van der Waals surface area contributed by atoms with E-state index >= 15 is 0 Å². The van der Waals surface area contributed by atoms with Crippen LogP contribution in [0.4, 0.5) is 0 Å². The van der Waals surface area contributed by atoms with Crippen LogP contribution in [0.3, 0.4) is 0 Å². The molecule has 1 fully saturated rings. The molecule has 0 bridgehead atoms. The van der Waals surface area contributed by atoms with E-state index < -0.39 is 17.9 Å². The van der Waals surface area contributed by atoms with Crippen molar-refractivity contribution in [3.63, 3.8) is 0 Å². The van der Waals surface area contributed by atoms with Crippen molar-refractivity contribution >= 4 is 11.9 Å². The largest absolute Gasteiger partial charge is 0.493 e. The third-order valence-corrected chi connectivity index (χ3v) is 6.10. The number of carbonyl (C=O) groups excluding carboxylic acids is 1. The third-order valence-electron chi connectivity index (χ3n) is 6.10. The predicted molar refractivity (Wildman–Crippen MR) is 112 cm³/mol. The number of piperidine rings is 1. The molecule has 164 valence electrons. The zero-order chi connectivity index (χ0) is 21.7. The number of likely N-dealkylation sites (tertiary alicyclic amines) is 1. The Morgan fingerprint density at radius 2 is 1.73 bits per heavy atom. The lowest BCUT2D eigenvalue weighted by Crippen LogP contribution is -2.50. The van der Waals surface area contributed by atoms with Gasteiger partial charge in [0.1, 0.15) is 6.04 Å². The molecule has 1 N–H and O–H groups in total. The fourth-order valence-corrected chi connectivity index (χ4v) is 4.60. The van der Waals surface area contributed by atoms with E-state index in [2.05, 4.69) is 12.2 Å². The summed E-state index contributed by atoms with van der Waals surface area (Å²) in [5, 5.41) is 9.69. The van der Waals surface area contributed by atoms with Gasteiger partial charge in [0.25, 0.3) is 0 Å². The molecule has 1 aromatic rings. The van der Waals surface area contributed by atoms with Crippen molar-refractivity contribution < 1.29 is 28.9 Å². The second-order valence-corrected chi connectivity index (χ2v) is 7.84. The monoisotopic (exact) mass is 417 g/mol. The molecule has 1 aliphatic heterocycles. The first-order chi connectivity index (χ1) is 14.5. The number of carbonyl (C=O) groups is 2. The Kier molecular flexibility index (Phi) is 7.24. The summed E-state index contributed by atoms with van der Waals surface area (Å²) in [4.78, 5) is 27.2. The Balaban J connectivity index is 2.07. The highest BCUT2D eigenvalue weighted by Gasteiger charge is 2.39. The van der Waals surface area contributed by atoms with Crippen molar-refractivity contribution in [2.45, 2.75) is 50.5 Å². The number of hydrogen-bond donors (Lipinski definition) is 1. The molecule has 2 unspecified atom stereocenters. The van der Waals surface area contributed by atoms with Crippen LogP contribution in [0, 0.1) is 5.92 Å². The molecule has 1 aromatic carbocycles. The quantitative estimate of drug-likeness (QED) is 0.682. The van der Waals surface area contributed by atoms with Gasteiger partial charge in [-0.1, -0.05) is 12.2 Å². The molecular weight excluding hydrogens is 386 g/mol. The minimum absolute atomic E-state index is 0.00886. The van der Waals surface area contributed by atoms with Crippen LogP contribution < -0.4 is 14.2 Å². The Morgan fingerprint density at radius 3 is 2.27 bits per heavy atom. The second kappa shape index (κ2) is 9.87. The number of nitrogens with zero attached hydrogens (tertiary/aromatic N) is 1. The molecule has 0 saturated carbocycles. The van der Waals surface area contributed by atoms with Gasteiger partial charge in [-0.05, 0) is 62.1 Å². The smallest absolute Gasteiger partial charge is 0.326 e. The van der Waals surface area contributed by atoms with Gasteiger partial charge in [-0.15, -0.1) is 0 Å². The fourth-order valence-electron chi connectivity index (χ4n) is 4.60. The number of hydrogen-bond acceptors (Lipinski definition) is 5. The summed E-state index contributed by atoms with van der Waals surface area (Å²) in [6, 6.07) is 2.85. The maximum absolute atomic E-state index is 13.8. The molecule has 1 amide bonds. The average Bonchev–Trinajstić information content (AvgIpc) is 2.79. The van der Waals surface area contributed by atoms with Crippen LogP contribution in [0.2, 0.25) is 0 Å². The van der Waals surface area contributed by atoms with Crippen LogP contribution in [-0.2, 0) is 9.59 Å². The highest BCUT2D eigenvalue weighted by molar-refractivity contribution is 5.89. The fraction of sp³-hybridized carbons (Fsp3) is 0.565. The van der Waals surface area contributed by atoms with Gasteiger partial charge >= 0.3 is 5.97 Å². The van der Waals surface area contributed by atoms with Crippen molar-refractivity contribution in [2.75, 3.05) is 27.9 Å². The van der Waals surface area contributed by atoms with Gasteiger partial charge < -0.3 is 24.2 Å². The van der Waals surface area contributed by atoms with E-state index in [1.54, 1.807) is 19.1 Å². The van der Waals surface area contributed by atoms with Gasteiger partial charge in [0.05, 0.1) is 27.2 Å². The molecule has 7 heteroatoms. The van der Waals surface area contributed by atoms with Crippen molar-refractivity contribution in [3.8, 4) is 17.2 Å². The van der Waals surface area contributed by atoms with Gasteiger partial charge in [0, 0.05) is 6.54 Å². The SMILES string of the molecule is COc1cc(C(C(=O)N2CCCCC2C(=O)O)[C@@H]2C=CCCC2)cc(OC)c1OC. The molecule has 1 heterocycles. The number of amides is 1. The number of carboxylic acids is 1. The summed E-state index contributed by atoms with van der Waals surface area (Å²) in [5.74, 6) is -0.161. The Bertz CT molecular complexity index is 780. The number of rotatable bonds is 7. The molecular formula is C23H31NO6. The first-order valence-electron chi connectivity index (χ1n) is 10.5. The van der Waals surface area contributed by atoms with Crippen molar-refractivity contribution in [3.05, 3.63) is 29.8 Å². The van der Waals surface area contributed by atoms with Gasteiger partial charge in [0.2, 0.25) is 11.7 Å². The van der Waals surface area contributed by atoms with Crippen LogP contribution in [-0.4, -0.2) is 55.8 Å². The lowest BCUT2D eigenvalue weighted by Gasteiger charge is -2.38. The van der Waals surface area contributed by atoms with E-state index in [1.165, 1.54) is 7.11 Å². The van der Waals surface area contributed by atoms with Crippen molar-refractivity contribution in [1.29, 1.82) is 0 Å². The number of methoxy groups -OCH3 is 3. The summed E-state index contributed by atoms with van der Waals surface area (Å²) in [6.45, 7) is 0.465. The van der Waals surface area contributed by atoms with Crippen LogP contribution in [0.15, 0.2) is 24.3 Å². The molecule has 1 aliphatic carbocycles. The lowest BCUT2D eigenvalue weighted by atomic mass is 9.78. The highest BCUT2D eigenvalue weighted by atomic mass is 16.5. The minimum Gasteiger partial charge on any atom is -0.493 e. The van der Waals surface area contributed by atoms with E-state index in [0.717, 1.165) is 37.7 Å². The second-order valence-electron chi connectivity index (χ2n) is 7.84. The van der Waals surface area contributed by atoms with E-state index in [1.807, 2.05) is 12.1 Å². The zero-order valence-electron chi connectivity index (χ0n) is 17.9. The topological polar surface area (TPSA) is 85.3 Å². The summed E-state index contributed by atoms with van der Waals surface area (Å²) in [7, 11) is 4.63. The highest BCUT2D eigenvalue weighted by Crippen LogP contribution is 2.43. The lowest BCUT2D eigenvalue weighted by molar-refractivity contribution is -0.153. The van der Waals surface area contributed by atoms with E-state index in [0.29, 0.717) is 30.2 Å². The maximum Gasteiger partial charge on any atom is 0.326 e. The van der Waals surface area contributed by atoms with Crippen molar-refractivity contribution in [1.82, 2.24) is 4.90 Å². The molecule has 3 atom stereocenters. The minimum atomic E-state index is -0.939. The van der Waals surface area contributed by atoms with E-state index in [9.17, 15) is 14.7 Å². The number of allylic oxidation sites excluding steroid dienone is 2. The van der Waals surface area contributed by atoms with Gasteiger partial charge in [-0.25, -0.2) is 4.79 Å². The summed E-state index contributed by atoms with van der Waals surface area (Å²) >= 11 is 0. The Hall–Kier alpha value is -2.70. The van der Waals surface area contributed by atoms with Crippen LogP contribution in [0.1, 0.15) is 50.0 Å². The normalized spacial score (nSPS) is 22.3. The number of aliphatic carboxylic acids is 1. The Morgan fingerprint density at radius 1 is 1.03 bits per heavy atom. The molecule has 3 rings (SSSR count). The number of carboxylic acid groups (broad SMARTS) is 1. The molecule has 7 nitrogen and oxygen atoms in total. The van der Waals surface area contributed by atoms with Crippen LogP contribution in [0.25, 0.3) is 0 Å². The molecule has 0 radical (unpaired) electrons. The van der Waals surface area contributed by atoms with Crippen LogP contribution >= 0.6 is 0 Å². The number of ether oxygens (including phenoxy) is 3. The van der Waals surface area contributed by atoms with Crippen LogP contribution in [0.5, 0.6) is 17.2 Å². The molecule has 0 aromatic heterocycles. The summed E-state index contributed by atoms with van der Waals surface area (Å²) in [6.07, 6.45) is 9.19. The van der Waals surface area contributed by atoms with Gasteiger partial charge in [-0.3, -0.25) is 4.79 Å². The first kappa shape index (κ1) is 22.0. The zero-order valence-corrected chi connectivity index (χ0v) is 17.9. The van der Waals surface area contributed by atoms with E-state index in [4.69, 9.17) is 14.2 Å². The predicted octanol–water partition coefficient (Wildman–Crippen LogP) is 3.62. The van der Waals surface area contributed by atoms with E-state index in [-0.39, 0.29) is 11.8 Å². The van der Waals surface area contributed by atoms with Gasteiger partial charge in [-0.2, -0.15) is 0 Å². The molecule has 2 aliphatic rings. The average molecular weight is 418 g/mol. The van der Waals surface area contributed by atoms with Crippen molar-refractivity contribution in [2.24, 2.45) is 5.92 Å². The summed E-state index contributed by atoms with van der Waals surface area (Å²) < 4.78 is 16.4. The standard InChI is InChI=1S/C23H31NO6/c1-28-18-13-16(14-19(29-2)21(18)30-3)20(15-9-5-4-6-10-15)22(25)24-12-8-7-11-17(24)23(26)27/h5,9,13-15,17,20H,4,6-8,10-12H2,1-3H3,(H,26,27)/t15-,17?,20?/m1/s1. The Labute approximate surface area is 177 Å². The maximum atomic E-state index is 13.8. The third kappa shape index (κ3) is 4.40.